The van der Waals surface area contributed by atoms with Gasteiger partial charge >= 0.3 is 0 Å². The average molecular weight is 228 g/mol. The maximum Gasteiger partial charge on any atom is 0.0623 e. The van der Waals surface area contributed by atoms with Crippen LogP contribution in [0.5, 0.6) is 0 Å². The van der Waals surface area contributed by atoms with Gasteiger partial charge in [-0.1, -0.05) is 26.0 Å². The maximum atomic E-state index is 4.28. The minimum absolute atomic E-state index is 0.571. The molecule has 1 saturated carbocycles. The molecular formula is C12H20S2. The fourth-order valence-corrected chi connectivity index (χ4v) is 6.35. The lowest BCUT2D eigenvalue weighted by atomic mass is 9.76. The Labute approximate surface area is 96.3 Å². The molecule has 0 radical (unpaired) electrons. The first-order valence-electron chi connectivity index (χ1n) is 5.63. The number of rotatable bonds is 1. The molecule has 0 bridgehead atoms. The maximum absolute atomic E-state index is 4.28. The van der Waals surface area contributed by atoms with Gasteiger partial charge in [0.15, 0.2) is 0 Å². The number of hydrogen-bond donors (Lipinski definition) is 0. The number of allylic oxidation sites excluding steroid dienone is 1. The quantitative estimate of drug-likeness (QED) is 0.618. The first kappa shape index (κ1) is 10.9. The first-order chi connectivity index (χ1) is 6.67. The summed E-state index contributed by atoms with van der Waals surface area (Å²) in [6.07, 6.45) is 4.02. The van der Waals surface area contributed by atoms with Crippen molar-refractivity contribution in [1.82, 2.24) is 0 Å². The van der Waals surface area contributed by atoms with E-state index in [1.54, 1.807) is 0 Å². The van der Waals surface area contributed by atoms with Gasteiger partial charge in [0.25, 0.3) is 0 Å². The smallest absolute Gasteiger partial charge is 0.0623 e. The van der Waals surface area contributed by atoms with Crippen LogP contribution in [-0.2, 0) is 0 Å². The molecule has 14 heavy (non-hydrogen) atoms. The van der Waals surface area contributed by atoms with Crippen molar-refractivity contribution < 1.29 is 0 Å². The topological polar surface area (TPSA) is 0 Å². The van der Waals surface area contributed by atoms with Crippen LogP contribution >= 0.6 is 23.5 Å². The average Bonchev–Trinajstić information content (AvgIpc) is 2.60. The zero-order chi connectivity index (χ0) is 10.2. The van der Waals surface area contributed by atoms with Crippen molar-refractivity contribution in [3.05, 3.63) is 12.2 Å². The Morgan fingerprint density at radius 1 is 1.36 bits per heavy atom. The Bertz CT molecular complexity index is 228. The molecule has 0 N–H and O–H groups in total. The summed E-state index contributed by atoms with van der Waals surface area (Å²) in [7, 11) is 0. The summed E-state index contributed by atoms with van der Waals surface area (Å²) in [4.78, 5) is 0. The monoisotopic (exact) mass is 228 g/mol. The number of hydrogen-bond acceptors (Lipinski definition) is 2. The summed E-state index contributed by atoms with van der Waals surface area (Å²) in [5, 5.41) is 0. The highest BCUT2D eigenvalue weighted by molar-refractivity contribution is 8.21. The van der Waals surface area contributed by atoms with Gasteiger partial charge in [0.1, 0.15) is 0 Å². The molecule has 2 fully saturated rings. The van der Waals surface area contributed by atoms with E-state index in [1.165, 1.54) is 36.3 Å². The summed E-state index contributed by atoms with van der Waals surface area (Å²) in [5.41, 5.74) is 1.52. The highest BCUT2D eigenvalue weighted by Crippen LogP contribution is 2.57. The Hall–Kier alpha value is 0.440. The largest absolute Gasteiger partial charge is 0.143 e. The van der Waals surface area contributed by atoms with Crippen LogP contribution in [0.25, 0.3) is 0 Å². The van der Waals surface area contributed by atoms with E-state index in [-0.39, 0.29) is 0 Å². The fourth-order valence-electron chi connectivity index (χ4n) is 2.73. The van der Waals surface area contributed by atoms with E-state index in [0.717, 1.165) is 11.8 Å². The van der Waals surface area contributed by atoms with Gasteiger partial charge in [-0.3, -0.25) is 0 Å². The second-order valence-corrected chi connectivity index (χ2v) is 7.81. The van der Waals surface area contributed by atoms with Crippen LogP contribution in [-0.4, -0.2) is 15.6 Å². The normalized spacial score (nSPS) is 36.6. The van der Waals surface area contributed by atoms with Crippen molar-refractivity contribution in [3.63, 3.8) is 0 Å². The molecule has 2 heteroatoms. The lowest BCUT2D eigenvalue weighted by Gasteiger charge is -2.41. The van der Waals surface area contributed by atoms with E-state index in [2.05, 4.69) is 44.0 Å². The summed E-state index contributed by atoms with van der Waals surface area (Å²) in [6, 6.07) is 0. The Kier molecular flexibility index (Phi) is 3.23. The highest BCUT2D eigenvalue weighted by Gasteiger charge is 2.43. The van der Waals surface area contributed by atoms with Gasteiger partial charge in [0.2, 0.25) is 0 Å². The van der Waals surface area contributed by atoms with Gasteiger partial charge in [-0.25, -0.2) is 0 Å². The predicted molar refractivity (Wildman–Crippen MR) is 69.0 cm³/mol. The van der Waals surface area contributed by atoms with Gasteiger partial charge < -0.3 is 0 Å². The Morgan fingerprint density at radius 2 is 2.00 bits per heavy atom. The van der Waals surface area contributed by atoms with Crippen LogP contribution in [0.2, 0.25) is 0 Å². The van der Waals surface area contributed by atoms with Crippen molar-refractivity contribution in [1.29, 1.82) is 0 Å². The predicted octanol–water partition coefficient (Wildman–Crippen LogP) is 4.18. The summed E-state index contributed by atoms with van der Waals surface area (Å²) >= 11 is 4.42. The molecule has 1 aliphatic heterocycles. The third-order valence-electron chi connectivity index (χ3n) is 3.64. The summed E-state index contributed by atoms with van der Waals surface area (Å²) in [5.74, 6) is 4.25. The Balaban J connectivity index is 2.12. The van der Waals surface area contributed by atoms with Crippen molar-refractivity contribution in [2.45, 2.75) is 37.2 Å². The molecule has 0 aromatic carbocycles. The molecule has 0 amide bonds. The van der Waals surface area contributed by atoms with E-state index in [0.29, 0.717) is 4.08 Å². The zero-order valence-electron chi connectivity index (χ0n) is 9.21. The third kappa shape index (κ3) is 1.88. The fraction of sp³-hybridized carbons (Fsp3) is 0.833. The van der Waals surface area contributed by atoms with Gasteiger partial charge in [-0.05, 0) is 31.1 Å². The SMILES string of the molecule is C=C1C(C)CC2(CC1CC)SCCS2. The lowest BCUT2D eigenvalue weighted by Crippen LogP contribution is -2.32. The molecule has 2 atom stereocenters. The van der Waals surface area contributed by atoms with E-state index < -0.39 is 0 Å². The second kappa shape index (κ2) is 4.13. The first-order valence-corrected chi connectivity index (χ1v) is 7.60. The molecule has 0 nitrogen and oxygen atoms in total. The summed E-state index contributed by atoms with van der Waals surface area (Å²) in [6.45, 7) is 8.96. The molecular weight excluding hydrogens is 208 g/mol. The number of thioether (sulfide) groups is 2. The lowest BCUT2D eigenvalue weighted by molar-refractivity contribution is 0.370. The van der Waals surface area contributed by atoms with Crippen molar-refractivity contribution in [3.8, 4) is 0 Å². The van der Waals surface area contributed by atoms with Gasteiger partial charge in [-0.2, -0.15) is 0 Å². The van der Waals surface area contributed by atoms with Crippen molar-refractivity contribution in [2.24, 2.45) is 11.8 Å². The van der Waals surface area contributed by atoms with Gasteiger partial charge in [0, 0.05) is 11.5 Å². The van der Waals surface area contributed by atoms with E-state index >= 15 is 0 Å². The molecule has 1 heterocycles. The third-order valence-corrected chi connectivity index (χ3v) is 7.14. The molecule has 1 aliphatic carbocycles. The van der Waals surface area contributed by atoms with Crippen LogP contribution < -0.4 is 0 Å². The van der Waals surface area contributed by atoms with E-state index in [4.69, 9.17) is 0 Å². The van der Waals surface area contributed by atoms with Gasteiger partial charge in [0.05, 0.1) is 4.08 Å². The van der Waals surface area contributed by atoms with Crippen molar-refractivity contribution >= 4 is 23.5 Å². The molecule has 2 unspecified atom stereocenters. The molecule has 2 rings (SSSR count). The summed E-state index contributed by atoms with van der Waals surface area (Å²) < 4.78 is 0.571. The molecule has 1 spiro atoms. The highest BCUT2D eigenvalue weighted by atomic mass is 32.2. The molecule has 2 aliphatic rings. The molecule has 80 valence electrons. The standard InChI is InChI=1S/C12H20S2/c1-4-11-8-12(13-5-6-14-12)7-9(2)10(11)3/h9,11H,3-8H2,1-2H3. The molecule has 0 aromatic rings. The van der Waals surface area contributed by atoms with Crippen LogP contribution in [0.3, 0.4) is 0 Å². The van der Waals surface area contributed by atoms with Crippen LogP contribution in [0.4, 0.5) is 0 Å². The van der Waals surface area contributed by atoms with E-state index in [1.807, 2.05) is 0 Å². The molecule has 1 saturated heterocycles. The van der Waals surface area contributed by atoms with Crippen molar-refractivity contribution in [2.75, 3.05) is 11.5 Å². The van der Waals surface area contributed by atoms with Crippen LogP contribution in [0.1, 0.15) is 33.1 Å². The zero-order valence-corrected chi connectivity index (χ0v) is 10.8. The minimum Gasteiger partial charge on any atom is -0.143 e. The second-order valence-electron chi connectivity index (χ2n) is 4.60. The van der Waals surface area contributed by atoms with Crippen LogP contribution in [0.15, 0.2) is 12.2 Å². The Morgan fingerprint density at radius 3 is 2.57 bits per heavy atom. The van der Waals surface area contributed by atoms with E-state index in [9.17, 15) is 0 Å². The van der Waals surface area contributed by atoms with Gasteiger partial charge in [-0.15, -0.1) is 23.5 Å². The molecule has 0 aromatic heterocycles. The van der Waals surface area contributed by atoms with Crippen LogP contribution in [0, 0.1) is 11.8 Å². The minimum atomic E-state index is 0.571.